The van der Waals surface area contributed by atoms with Gasteiger partial charge in [-0.1, -0.05) is 11.3 Å². The highest BCUT2D eigenvalue weighted by Gasteiger charge is 2.28. The van der Waals surface area contributed by atoms with Gasteiger partial charge in [0.2, 0.25) is 0 Å². The van der Waals surface area contributed by atoms with E-state index >= 15 is 0 Å². The standard InChI is InChI=1S/C18H18F2N4O2S/c1-2-23-6-5-14(22-23)17(25)24(10-12-4-3-7-26-12)18-21-16-13(20)8-11(19)9-15(16)27-18/h5-6,8-9,12H,2-4,7,10H2,1H3. The monoisotopic (exact) mass is 392 g/mol. The summed E-state index contributed by atoms with van der Waals surface area (Å²) < 4.78 is 35.3. The lowest BCUT2D eigenvalue weighted by Crippen LogP contribution is -2.37. The first-order valence-electron chi connectivity index (χ1n) is 8.77. The summed E-state index contributed by atoms with van der Waals surface area (Å²) in [7, 11) is 0. The Morgan fingerprint density at radius 1 is 1.44 bits per heavy atom. The second-order valence-electron chi connectivity index (χ2n) is 6.34. The fraction of sp³-hybridized carbons (Fsp3) is 0.389. The average Bonchev–Trinajstić information content (AvgIpc) is 3.38. The summed E-state index contributed by atoms with van der Waals surface area (Å²) in [5.41, 5.74) is 0.335. The number of carbonyl (C=O) groups is 1. The van der Waals surface area contributed by atoms with Gasteiger partial charge in [-0.3, -0.25) is 14.4 Å². The van der Waals surface area contributed by atoms with E-state index in [9.17, 15) is 13.6 Å². The molecule has 2 aromatic heterocycles. The van der Waals surface area contributed by atoms with Crippen molar-refractivity contribution in [3.63, 3.8) is 0 Å². The predicted octanol–water partition coefficient (Wildman–Crippen LogP) is 3.62. The first-order chi connectivity index (χ1) is 13.0. The van der Waals surface area contributed by atoms with Gasteiger partial charge in [-0.2, -0.15) is 5.10 Å². The van der Waals surface area contributed by atoms with Crippen LogP contribution >= 0.6 is 11.3 Å². The number of halogens is 2. The van der Waals surface area contributed by atoms with Crippen molar-refractivity contribution in [1.29, 1.82) is 0 Å². The molecule has 1 aliphatic rings. The normalized spacial score (nSPS) is 16.9. The van der Waals surface area contributed by atoms with Crippen LogP contribution in [0.5, 0.6) is 0 Å². The van der Waals surface area contributed by atoms with E-state index in [0.717, 1.165) is 30.2 Å². The number of aryl methyl sites for hydroxylation is 1. The maximum absolute atomic E-state index is 14.1. The van der Waals surface area contributed by atoms with Crippen molar-refractivity contribution in [3.8, 4) is 0 Å². The van der Waals surface area contributed by atoms with Gasteiger partial charge >= 0.3 is 0 Å². The number of benzene rings is 1. The van der Waals surface area contributed by atoms with Gasteiger partial charge in [0.15, 0.2) is 16.6 Å². The Morgan fingerprint density at radius 2 is 2.30 bits per heavy atom. The van der Waals surface area contributed by atoms with Gasteiger partial charge in [0.05, 0.1) is 17.3 Å². The fourth-order valence-electron chi connectivity index (χ4n) is 3.09. The van der Waals surface area contributed by atoms with Gasteiger partial charge in [-0.05, 0) is 31.9 Å². The molecule has 1 aromatic carbocycles. The molecule has 3 heterocycles. The topological polar surface area (TPSA) is 60.2 Å². The lowest BCUT2D eigenvalue weighted by molar-refractivity contribution is 0.0912. The van der Waals surface area contributed by atoms with Crippen LogP contribution < -0.4 is 4.90 Å². The first kappa shape index (κ1) is 18.0. The number of ether oxygens (including phenoxy) is 1. The van der Waals surface area contributed by atoms with Crippen molar-refractivity contribution < 1.29 is 18.3 Å². The summed E-state index contributed by atoms with van der Waals surface area (Å²) in [6, 6.07) is 3.66. The number of hydrogen-bond acceptors (Lipinski definition) is 5. The van der Waals surface area contributed by atoms with E-state index in [1.807, 2.05) is 6.92 Å². The van der Waals surface area contributed by atoms with Crippen molar-refractivity contribution in [1.82, 2.24) is 14.8 Å². The number of rotatable bonds is 5. The minimum Gasteiger partial charge on any atom is -0.376 e. The quantitative estimate of drug-likeness (QED) is 0.666. The predicted molar refractivity (Wildman–Crippen MR) is 98.1 cm³/mol. The number of aromatic nitrogens is 3. The van der Waals surface area contributed by atoms with E-state index in [1.165, 1.54) is 11.0 Å². The molecule has 1 saturated heterocycles. The Bertz CT molecular complexity index is 981. The molecule has 0 bridgehead atoms. The molecule has 9 heteroatoms. The first-order valence-corrected chi connectivity index (χ1v) is 9.59. The SMILES string of the molecule is CCn1ccc(C(=O)N(CC2CCCO2)c2nc3c(F)cc(F)cc3s2)n1. The molecule has 0 saturated carbocycles. The van der Waals surface area contributed by atoms with E-state index in [-0.39, 0.29) is 23.2 Å². The van der Waals surface area contributed by atoms with Gasteiger partial charge in [-0.25, -0.2) is 13.8 Å². The van der Waals surface area contributed by atoms with Crippen LogP contribution in [0.3, 0.4) is 0 Å². The van der Waals surface area contributed by atoms with Crippen LogP contribution in [0.4, 0.5) is 13.9 Å². The molecule has 6 nitrogen and oxygen atoms in total. The molecular weight excluding hydrogens is 374 g/mol. The Morgan fingerprint density at radius 3 is 3.00 bits per heavy atom. The maximum atomic E-state index is 14.1. The highest BCUT2D eigenvalue weighted by Crippen LogP contribution is 2.32. The van der Waals surface area contributed by atoms with Crippen LogP contribution in [0.2, 0.25) is 0 Å². The number of anilines is 1. The van der Waals surface area contributed by atoms with Crippen molar-refractivity contribution in [2.75, 3.05) is 18.1 Å². The number of carbonyl (C=O) groups excluding carboxylic acids is 1. The highest BCUT2D eigenvalue weighted by atomic mass is 32.1. The van der Waals surface area contributed by atoms with Crippen LogP contribution in [-0.2, 0) is 11.3 Å². The zero-order valence-electron chi connectivity index (χ0n) is 14.7. The van der Waals surface area contributed by atoms with Crippen LogP contribution in [0.25, 0.3) is 10.2 Å². The molecule has 3 aromatic rings. The van der Waals surface area contributed by atoms with Gasteiger partial charge in [0, 0.05) is 25.4 Å². The minimum atomic E-state index is -0.743. The molecule has 1 atom stereocenters. The molecule has 0 aliphatic carbocycles. The van der Waals surface area contributed by atoms with Crippen LogP contribution in [0.15, 0.2) is 24.4 Å². The molecule has 4 rings (SSSR count). The smallest absolute Gasteiger partial charge is 0.280 e. The number of amides is 1. The third-order valence-electron chi connectivity index (χ3n) is 4.47. The summed E-state index contributed by atoms with van der Waals surface area (Å²) in [6.07, 6.45) is 3.37. The van der Waals surface area contributed by atoms with Crippen molar-refractivity contribution in [2.24, 2.45) is 0 Å². The summed E-state index contributed by atoms with van der Waals surface area (Å²) in [5, 5.41) is 4.57. The third-order valence-corrected chi connectivity index (χ3v) is 5.50. The molecule has 27 heavy (non-hydrogen) atoms. The van der Waals surface area contributed by atoms with E-state index in [2.05, 4.69) is 10.1 Å². The van der Waals surface area contributed by atoms with Crippen LogP contribution in [0.1, 0.15) is 30.3 Å². The van der Waals surface area contributed by atoms with Gasteiger partial charge in [-0.15, -0.1) is 0 Å². The second-order valence-corrected chi connectivity index (χ2v) is 7.35. The summed E-state index contributed by atoms with van der Waals surface area (Å²) in [4.78, 5) is 18.8. The maximum Gasteiger partial charge on any atom is 0.280 e. The zero-order chi connectivity index (χ0) is 19.0. The molecule has 1 unspecified atom stereocenters. The Labute approximate surface area is 158 Å². The Kier molecular flexibility index (Phi) is 4.88. The molecule has 142 valence electrons. The fourth-order valence-corrected chi connectivity index (χ4v) is 4.10. The average molecular weight is 392 g/mol. The molecule has 1 aliphatic heterocycles. The summed E-state index contributed by atoms with van der Waals surface area (Å²) in [6.45, 7) is 3.51. The van der Waals surface area contributed by atoms with E-state index in [4.69, 9.17) is 4.74 Å². The molecule has 0 radical (unpaired) electrons. The Balaban J connectivity index is 1.72. The van der Waals surface area contributed by atoms with Crippen LogP contribution in [-0.4, -0.2) is 39.9 Å². The molecular formula is C18H18F2N4O2S. The van der Waals surface area contributed by atoms with Gasteiger partial charge in [0.1, 0.15) is 11.3 Å². The van der Waals surface area contributed by atoms with Gasteiger partial charge < -0.3 is 4.74 Å². The largest absolute Gasteiger partial charge is 0.376 e. The number of thiazole rings is 1. The lowest BCUT2D eigenvalue weighted by atomic mass is 10.2. The minimum absolute atomic E-state index is 0.0561. The molecule has 1 amide bonds. The third kappa shape index (κ3) is 3.57. The molecule has 0 spiro atoms. The van der Waals surface area contributed by atoms with Crippen molar-refractivity contribution in [2.45, 2.75) is 32.4 Å². The van der Waals surface area contributed by atoms with E-state index < -0.39 is 11.6 Å². The molecule has 1 fully saturated rings. The second kappa shape index (κ2) is 7.32. The number of hydrogen-bond donors (Lipinski definition) is 0. The number of nitrogens with zero attached hydrogens (tertiary/aromatic N) is 4. The lowest BCUT2D eigenvalue weighted by Gasteiger charge is -2.22. The zero-order valence-corrected chi connectivity index (χ0v) is 15.5. The highest BCUT2D eigenvalue weighted by molar-refractivity contribution is 7.22. The molecule has 0 N–H and O–H groups in total. The number of fused-ring (bicyclic) bond motifs is 1. The van der Waals surface area contributed by atoms with E-state index in [1.54, 1.807) is 16.9 Å². The summed E-state index contributed by atoms with van der Waals surface area (Å²) >= 11 is 1.08. The summed E-state index contributed by atoms with van der Waals surface area (Å²) in [5.74, 6) is -1.75. The Hall–Kier alpha value is -2.39. The van der Waals surface area contributed by atoms with Gasteiger partial charge in [0.25, 0.3) is 5.91 Å². The van der Waals surface area contributed by atoms with Crippen LogP contribution in [0, 0.1) is 11.6 Å². The van der Waals surface area contributed by atoms with Crippen molar-refractivity contribution >= 4 is 32.6 Å². The van der Waals surface area contributed by atoms with Crippen molar-refractivity contribution in [3.05, 3.63) is 41.7 Å². The van der Waals surface area contributed by atoms with E-state index in [0.29, 0.717) is 29.5 Å².